The first-order valence-electron chi connectivity index (χ1n) is 10.5. The maximum absolute atomic E-state index is 14.7. The Bertz CT molecular complexity index is 790. The summed E-state index contributed by atoms with van der Waals surface area (Å²) in [6.07, 6.45) is 9.54. The summed E-state index contributed by atoms with van der Waals surface area (Å²) in [6, 6.07) is 6.84. The van der Waals surface area contributed by atoms with Crippen LogP contribution in [-0.4, -0.2) is 6.86 Å². The quantitative estimate of drug-likeness (QED) is 0.318. The number of alkyl halides is 1. The fourth-order valence-electron chi connectivity index (χ4n) is 4.39. The molecule has 0 aromatic heterocycles. The van der Waals surface area contributed by atoms with Gasteiger partial charge >= 0.3 is 0 Å². The average Bonchev–Trinajstić information content (AvgIpc) is 2.71. The molecule has 0 spiro atoms. The van der Waals surface area contributed by atoms with Crippen LogP contribution in [0.4, 0.5) is 17.6 Å². The van der Waals surface area contributed by atoms with Crippen molar-refractivity contribution in [2.75, 3.05) is 6.86 Å². The van der Waals surface area contributed by atoms with Gasteiger partial charge in [-0.15, -0.1) is 0 Å². The molecule has 0 N–H and O–H groups in total. The van der Waals surface area contributed by atoms with Gasteiger partial charge in [0.25, 0.3) is 0 Å². The van der Waals surface area contributed by atoms with Crippen LogP contribution >= 0.6 is 0 Å². The van der Waals surface area contributed by atoms with E-state index in [1.807, 2.05) is 6.07 Å². The molecule has 1 aliphatic rings. The summed E-state index contributed by atoms with van der Waals surface area (Å²) in [4.78, 5) is 0. The second-order valence-corrected chi connectivity index (χ2v) is 7.98. The molecule has 0 unspecified atom stereocenters. The van der Waals surface area contributed by atoms with Crippen molar-refractivity contribution in [3.63, 3.8) is 0 Å². The van der Waals surface area contributed by atoms with Crippen LogP contribution in [0.15, 0.2) is 30.3 Å². The van der Waals surface area contributed by atoms with E-state index in [-0.39, 0.29) is 11.1 Å². The van der Waals surface area contributed by atoms with Gasteiger partial charge < -0.3 is 4.74 Å². The molecule has 29 heavy (non-hydrogen) atoms. The van der Waals surface area contributed by atoms with Crippen LogP contribution in [-0.2, 0) is 0 Å². The summed E-state index contributed by atoms with van der Waals surface area (Å²) in [5.41, 5.74) is 1.12. The van der Waals surface area contributed by atoms with Gasteiger partial charge in [0.1, 0.15) is 5.82 Å². The van der Waals surface area contributed by atoms with Crippen molar-refractivity contribution in [2.24, 2.45) is 5.92 Å². The number of ether oxygens (including phenoxy) is 1. The number of hydrogen-bond donors (Lipinski definition) is 0. The van der Waals surface area contributed by atoms with Gasteiger partial charge in [0.2, 0.25) is 6.86 Å². The predicted octanol–water partition coefficient (Wildman–Crippen LogP) is 7.93. The highest BCUT2D eigenvalue weighted by molar-refractivity contribution is 5.66. The van der Waals surface area contributed by atoms with Crippen molar-refractivity contribution in [3.8, 4) is 16.9 Å². The van der Waals surface area contributed by atoms with Gasteiger partial charge in [-0.3, -0.25) is 0 Å². The predicted molar refractivity (Wildman–Crippen MR) is 107 cm³/mol. The summed E-state index contributed by atoms with van der Waals surface area (Å²) < 4.78 is 59.3. The van der Waals surface area contributed by atoms with Gasteiger partial charge in [0, 0.05) is 5.56 Å². The molecule has 3 rings (SSSR count). The molecule has 0 saturated heterocycles. The van der Waals surface area contributed by atoms with Gasteiger partial charge in [0.15, 0.2) is 17.4 Å². The third-order valence-corrected chi connectivity index (χ3v) is 6.04. The Kier molecular flexibility index (Phi) is 7.57. The highest BCUT2D eigenvalue weighted by Gasteiger charge is 2.23. The second-order valence-electron chi connectivity index (χ2n) is 7.98. The van der Waals surface area contributed by atoms with Crippen LogP contribution in [0.25, 0.3) is 11.1 Å². The molecule has 1 nitrogen and oxygen atoms in total. The lowest BCUT2D eigenvalue weighted by Gasteiger charge is -2.29. The lowest BCUT2D eigenvalue weighted by molar-refractivity contribution is 0.176. The molecule has 1 saturated carbocycles. The molecule has 1 fully saturated rings. The minimum atomic E-state index is -1.34. The van der Waals surface area contributed by atoms with Crippen molar-refractivity contribution in [1.29, 1.82) is 0 Å². The van der Waals surface area contributed by atoms with Crippen LogP contribution in [0.3, 0.4) is 0 Å². The molecular weight excluding hydrogens is 380 g/mol. The zero-order valence-electron chi connectivity index (χ0n) is 16.8. The molecule has 158 valence electrons. The summed E-state index contributed by atoms with van der Waals surface area (Å²) in [6.45, 7) is 0.876. The molecule has 0 bridgehead atoms. The van der Waals surface area contributed by atoms with E-state index < -0.39 is 30.1 Å². The van der Waals surface area contributed by atoms with Crippen molar-refractivity contribution < 1.29 is 22.3 Å². The number of hydrogen-bond acceptors (Lipinski definition) is 1. The maximum atomic E-state index is 14.7. The Morgan fingerprint density at radius 1 is 0.897 bits per heavy atom. The Balaban J connectivity index is 1.70. The normalized spacial score (nSPS) is 19.3. The van der Waals surface area contributed by atoms with Crippen molar-refractivity contribution >= 4 is 0 Å². The van der Waals surface area contributed by atoms with Gasteiger partial charge in [0.05, 0.1) is 0 Å². The molecule has 0 atom stereocenters. The summed E-state index contributed by atoms with van der Waals surface area (Å²) in [5, 5.41) is 0. The second kappa shape index (κ2) is 10.1. The lowest BCUT2D eigenvalue weighted by atomic mass is 9.77. The first-order valence-corrected chi connectivity index (χ1v) is 10.5. The fourth-order valence-corrected chi connectivity index (χ4v) is 4.39. The number of rotatable bonds is 8. The van der Waals surface area contributed by atoms with Gasteiger partial charge in [-0.1, -0.05) is 44.7 Å². The fraction of sp³-hybridized carbons (Fsp3) is 0.500. The topological polar surface area (TPSA) is 9.23 Å². The van der Waals surface area contributed by atoms with E-state index in [9.17, 15) is 17.6 Å². The number of unbranched alkanes of at least 4 members (excludes halogenated alkanes) is 2. The van der Waals surface area contributed by atoms with Gasteiger partial charge in [-0.25, -0.2) is 17.6 Å². The smallest absolute Gasteiger partial charge is 0.228 e. The van der Waals surface area contributed by atoms with Gasteiger partial charge in [-0.05, 0) is 66.8 Å². The Morgan fingerprint density at radius 2 is 1.59 bits per heavy atom. The summed E-state index contributed by atoms with van der Waals surface area (Å²) in [7, 11) is 0. The van der Waals surface area contributed by atoms with Crippen LogP contribution in [0, 0.1) is 23.4 Å². The average molecular weight is 408 g/mol. The van der Waals surface area contributed by atoms with E-state index in [4.69, 9.17) is 0 Å². The van der Waals surface area contributed by atoms with Crippen LogP contribution in [0.1, 0.15) is 69.8 Å². The largest absolute Gasteiger partial charge is 0.457 e. The van der Waals surface area contributed by atoms with Crippen molar-refractivity contribution in [3.05, 3.63) is 53.3 Å². The Morgan fingerprint density at radius 3 is 2.17 bits per heavy atom. The third kappa shape index (κ3) is 5.31. The molecule has 1 aliphatic carbocycles. The molecule has 0 radical (unpaired) electrons. The third-order valence-electron chi connectivity index (χ3n) is 6.04. The molecular formula is C24H28F4O. The standard InChI is InChI=1S/C24H28F4O/c1-2-3-4-5-16-6-8-17(9-7-16)18-10-11-20(21(26)12-18)19-13-22(27)24(29-15-25)23(28)14-19/h10-14,16-17H,2-9,15H2,1H3. The summed E-state index contributed by atoms with van der Waals surface area (Å²) in [5.74, 6) is -2.30. The highest BCUT2D eigenvalue weighted by Crippen LogP contribution is 2.39. The van der Waals surface area contributed by atoms with Crippen molar-refractivity contribution in [1.82, 2.24) is 0 Å². The zero-order chi connectivity index (χ0) is 20.8. The van der Waals surface area contributed by atoms with E-state index in [0.29, 0.717) is 5.92 Å². The summed E-state index contributed by atoms with van der Waals surface area (Å²) >= 11 is 0. The monoisotopic (exact) mass is 408 g/mol. The van der Waals surface area contributed by atoms with Crippen LogP contribution in [0.2, 0.25) is 0 Å². The first-order chi connectivity index (χ1) is 14.0. The van der Waals surface area contributed by atoms with E-state index in [1.165, 1.54) is 44.6 Å². The van der Waals surface area contributed by atoms with E-state index >= 15 is 0 Å². The number of benzene rings is 2. The molecule has 5 heteroatoms. The Labute approximate surface area is 170 Å². The lowest BCUT2D eigenvalue weighted by Crippen LogP contribution is -2.13. The van der Waals surface area contributed by atoms with Crippen molar-refractivity contribution in [2.45, 2.75) is 64.2 Å². The van der Waals surface area contributed by atoms with E-state index in [2.05, 4.69) is 11.7 Å². The SMILES string of the molecule is CCCCCC1CCC(c2ccc(-c3cc(F)c(OCF)c(F)c3)c(F)c2)CC1. The molecule has 0 amide bonds. The molecule has 2 aromatic carbocycles. The Hall–Kier alpha value is -2.04. The van der Waals surface area contributed by atoms with Crippen LogP contribution < -0.4 is 4.74 Å². The minimum absolute atomic E-state index is 0.0647. The maximum Gasteiger partial charge on any atom is 0.228 e. The molecule has 0 heterocycles. The van der Waals surface area contributed by atoms with E-state index in [0.717, 1.165) is 36.5 Å². The number of halogens is 4. The molecule has 0 aliphatic heterocycles. The highest BCUT2D eigenvalue weighted by atomic mass is 19.1. The van der Waals surface area contributed by atoms with Crippen LogP contribution in [0.5, 0.6) is 5.75 Å². The van der Waals surface area contributed by atoms with E-state index in [1.54, 1.807) is 6.07 Å². The zero-order valence-corrected chi connectivity index (χ0v) is 16.8. The first kappa shape index (κ1) is 21.7. The minimum Gasteiger partial charge on any atom is -0.457 e. The molecule has 2 aromatic rings. The van der Waals surface area contributed by atoms with Gasteiger partial charge in [-0.2, -0.15) is 0 Å².